The molecule has 23 heavy (non-hydrogen) atoms. The van der Waals surface area contributed by atoms with Crippen LogP contribution in [0.25, 0.3) is 0 Å². The van der Waals surface area contributed by atoms with Crippen LogP contribution >= 0.6 is 22.6 Å². The van der Waals surface area contributed by atoms with Crippen LogP contribution in [0.1, 0.15) is 30.1 Å². The number of carbonyl (C=O) groups is 1. The molecule has 0 saturated carbocycles. The highest BCUT2D eigenvalue weighted by Gasteiger charge is 2.11. The summed E-state index contributed by atoms with van der Waals surface area (Å²) < 4.78 is 12.1. The standard InChI is InChI=1S/C18H20INO3/c1-3-4-10-23-16-9-8-13(11-17(16)22-2)18(21)20-15-7-5-6-14(19)12-15/h5-9,11-12H,3-4,10H2,1-2H3,(H,20,21). The summed E-state index contributed by atoms with van der Waals surface area (Å²) in [6, 6.07) is 12.9. The number of carbonyl (C=O) groups excluding carboxylic acids is 1. The number of halogens is 1. The van der Waals surface area contributed by atoms with Gasteiger partial charge in [0.2, 0.25) is 0 Å². The summed E-state index contributed by atoms with van der Waals surface area (Å²) >= 11 is 2.21. The van der Waals surface area contributed by atoms with Crippen molar-refractivity contribution in [3.05, 3.63) is 51.6 Å². The van der Waals surface area contributed by atoms with E-state index in [0.717, 1.165) is 22.1 Å². The Morgan fingerprint density at radius 1 is 1.17 bits per heavy atom. The van der Waals surface area contributed by atoms with E-state index in [1.807, 2.05) is 24.3 Å². The number of methoxy groups -OCH3 is 1. The summed E-state index contributed by atoms with van der Waals surface area (Å²) in [6.45, 7) is 2.75. The highest BCUT2D eigenvalue weighted by Crippen LogP contribution is 2.28. The number of nitrogens with one attached hydrogen (secondary N) is 1. The van der Waals surface area contributed by atoms with Crippen LogP contribution in [0.3, 0.4) is 0 Å². The molecular formula is C18H20INO3. The second-order valence-corrected chi connectivity index (χ2v) is 6.28. The van der Waals surface area contributed by atoms with Gasteiger partial charge in [-0.3, -0.25) is 4.79 Å². The summed E-state index contributed by atoms with van der Waals surface area (Å²) in [7, 11) is 1.57. The SMILES string of the molecule is CCCCOc1ccc(C(=O)Nc2cccc(I)c2)cc1OC. The van der Waals surface area contributed by atoms with Crippen molar-refractivity contribution >= 4 is 34.2 Å². The summed E-state index contributed by atoms with van der Waals surface area (Å²) in [5.41, 5.74) is 1.30. The van der Waals surface area contributed by atoms with Gasteiger partial charge in [0.15, 0.2) is 11.5 Å². The molecule has 0 fully saturated rings. The van der Waals surface area contributed by atoms with Crippen molar-refractivity contribution in [3.8, 4) is 11.5 Å². The van der Waals surface area contributed by atoms with Crippen molar-refractivity contribution in [3.63, 3.8) is 0 Å². The van der Waals surface area contributed by atoms with Gasteiger partial charge in [-0.05, 0) is 65.4 Å². The van der Waals surface area contributed by atoms with E-state index in [9.17, 15) is 4.79 Å². The first-order chi connectivity index (χ1) is 11.1. The highest BCUT2D eigenvalue weighted by atomic mass is 127. The van der Waals surface area contributed by atoms with Gasteiger partial charge in [-0.1, -0.05) is 19.4 Å². The fourth-order valence-corrected chi connectivity index (χ4v) is 2.57. The van der Waals surface area contributed by atoms with Gasteiger partial charge < -0.3 is 14.8 Å². The first kappa shape index (κ1) is 17.6. The Hall–Kier alpha value is -1.76. The predicted octanol–water partition coefficient (Wildman–Crippen LogP) is 4.73. The highest BCUT2D eigenvalue weighted by molar-refractivity contribution is 14.1. The molecule has 0 unspecified atom stereocenters. The molecule has 0 saturated heterocycles. The van der Waals surface area contributed by atoms with Crippen molar-refractivity contribution < 1.29 is 14.3 Å². The van der Waals surface area contributed by atoms with Crippen LogP contribution in [0.4, 0.5) is 5.69 Å². The smallest absolute Gasteiger partial charge is 0.255 e. The number of amides is 1. The molecular weight excluding hydrogens is 405 g/mol. The van der Waals surface area contributed by atoms with Gasteiger partial charge in [0.1, 0.15) is 0 Å². The quantitative estimate of drug-likeness (QED) is 0.516. The minimum Gasteiger partial charge on any atom is -0.493 e. The molecule has 4 nitrogen and oxygen atoms in total. The van der Waals surface area contributed by atoms with Gasteiger partial charge in [-0.2, -0.15) is 0 Å². The first-order valence-corrected chi connectivity index (χ1v) is 8.59. The van der Waals surface area contributed by atoms with Crippen LogP contribution in [0, 0.1) is 3.57 Å². The second-order valence-electron chi connectivity index (χ2n) is 5.03. The number of anilines is 1. The molecule has 1 amide bonds. The molecule has 0 radical (unpaired) electrons. The monoisotopic (exact) mass is 425 g/mol. The summed E-state index contributed by atoms with van der Waals surface area (Å²) in [5.74, 6) is 1.05. The summed E-state index contributed by atoms with van der Waals surface area (Å²) in [6.07, 6.45) is 2.05. The van der Waals surface area contributed by atoms with Gasteiger partial charge >= 0.3 is 0 Å². The van der Waals surface area contributed by atoms with Crippen molar-refractivity contribution in [1.82, 2.24) is 0 Å². The number of hydrogen-bond acceptors (Lipinski definition) is 3. The molecule has 0 aromatic heterocycles. The zero-order chi connectivity index (χ0) is 16.7. The molecule has 0 aliphatic heterocycles. The van der Waals surface area contributed by atoms with E-state index >= 15 is 0 Å². The van der Waals surface area contributed by atoms with E-state index in [0.29, 0.717) is 23.7 Å². The molecule has 0 atom stereocenters. The lowest BCUT2D eigenvalue weighted by Gasteiger charge is -2.12. The van der Waals surface area contributed by atoms with E-state index in [2.05, 4.69) is 34.8 Å². The van der Waals surface area contributed by atoms with Crippen LogP contribution in [0.5, 0.6) is 11.5 Å². The second kappa shape index (κ2) is 8.76. The fourth-order valence-electron chi connectivity index (χ4n) is 2.02. The maximum atomic E-state index is 12.4. The van der Waals surface area contributed by atoms with Crippen LogP contribution in [0.2, 0.25) is 0 Å². The zero-order valence-corrected chi connectivity index (χ0v) is 15.4. The molecule has 0 aliphatic carbocycles. The Morgan fingerprint density at radius 2 is 2.00 bits per heavy atom. The normalized spacial score (nSPS) is 10.2. The minimum absolute atomic E-state index is 0.176. The largest absolute Gasteiger partial charge is 0.493 e. The van der Waals surface area contributed by atoms with Gasteiger partial charge in [-0.15, -0.1) is 0 Å². The molecule has 0 bridgehead atoms. The fraction of sp³-hybridized carbons (Fsp3) is 0.278. The summed E-state index contributed by atoms with van der Waals surface area (Å²) in [5, 5.41) is 2.88. The Balaban J connectivity index is 2.11. The van der Waals surface area contributed by atoms with Crippen molar-refractivity contribution in [2.24, 2.45) is 0 Å². The van der Waals surface area contributed by atoms with Gasteiger partial charge in [0.05, 0.1) is 13.7 Å². The Morgan fingerprint density at radius 3 is 2.70 bits per heavy atom. The number of ether oxygens (including phenoxy) is 2. The van der Waals surface area contributed by atoms with Gasteiger partial charge in [0.25, 0.3) is 5.91 Å². The molecule has 1 N–H and O–H groups in total. The van der Waals surface area contributed by atoms with Crippen molar-refractivity contribution in [2.45, 2.75) is 19.8 Å². The van der Waals surface area contributed by atoms with E-state index in [1.165, 1.54) is 0 Å². The number of unbranched alkanes of at least 4 members (excludes halogenated alkanes) is 1. The lowest BCUT2D eigenvalue weighted by Crippen LogP contribution is -2.12. The Kier molecular flexibility index (Phi) is 6.70. The number of benzene rings is 2. The van der Waals surface area contributed by atoms with Crippen LogP contribution in [0.15, 0.2) is 42.5 Å². The minimum atomic E-state index is -0.176. The zero-order valence-electron chi connectivity index (χ0n) is 13.3. The average Bonchev–Trinajstić information content (AvgIpc) is 2.55. The number of rotatable bonds is 7. The van der Waals surface area contributed by atoms with Gasteiger partial charge in [0, 0.05) is 14.8 Å². The molecule has 0 aliphatic rings. The predicted molar refractivity (Wildman–Crippen MR) is 101 cm³/mol. The third-order valence-corrected chi connectivity index (χ3v) is 3.93. The van der Waals surface area contributed by atoms with E-state index in [1.54, 1.807) is 25.3 Å². The van der Waals surface area contributed by atoms with Gasteiger partial charge in [-0.25, -0.2) is 0 Å². The molecule has 2 rings (SSSR count). The maximum absolute atomic E-state index is 12.4. The third-order valence-electron chi connectivity index (χ3n) is 3.26. The Bertz CT molecular complexity index is 673. The van der Waals surface area contributed by atoms with Crippen molar-refractivity contribution in [2.75, 3.05) is 19.0 Å². The molecule has 122 valence electrons. The first-order valence-electron chi connectivity index (χ1n) is 7.51. The molecule has 2 aromatic rings. The van der Waals surface area contributed by atoms with E-state index in [-0.39, 0.29) is 5.91 Å². The summed E-state index contributed by atoms with van der Waals surface area (Å²) in [4.78, 5) is 12.4. The Labute approximate surface area is 150 Å². The lowest BCUT2D eigenvalue weighted by atomic mass is 10.2. The van der Waals surface area contributed by atoms with Crippen molar-refractivity contribution in [1.29, 1.82) is 0 Å². The van der Waals surface area contributed by atoms with E-state index in [4.69, 9.17) is 9.47 Å². The van der Waals surface area contributed by atoms with Crippen LogP contribution in [-0.4, -0.2) is 19.6 Å². The molecule has 0 heterocycles. The van der Waals surface area contributed by atoms with E-state index < -0.39 is 0 Å². The maximum Gasteiger partial charge on any atom is 0.255 e. The average molecular weight is 425 g/mol. The third kappa shape index (κ3) is 5.13. The van der Waals surface area contributed by atoms with Crippen LogP contribution < -0.4 is 14.8 Å². The molecule has 0 spiro atoms. The topological polar surface area (TPSA) is 47.6 Å². The van der Waals surface area contributed by atoms with Crippen LogP contribution in [-0.2, 0) is 0 Å². The molecule has 5 heteroatoms. The molecule has 2 aromatic carbocycles. The lowest BCUT2D eigenvalue weighted by molar-refractivity contribution is 0.102. The number of hydrogen-bond donors (Lipinski definition) is 1.